The quantitative estimate of drug-likeness (QED) is 0.894. The van der Waals surface area contributed by atoms with Gasteiger partial charge in [-0.05, 0) is 60.3 Å². The van der Waals surface area contributed by atoms with E-state index in [0.29, 0.717) is 6.04 Å². The van der Waals surface area contributed by atoms with Gasteiger partial charge in [0.2, 0.25) is 0 Å². The van der Waals surface area contributed by atoms with Gasteiger partial charge >= 0.3 is 0 Å². The zero-order valence-corrected chi connectivity index (χ0v) is 11.8. The van der Waals surface area contributed by atoms with Crippen LogP contribution in [0.4, 0.5) is 5.82 Å². The SMILES string of the molecule is CSCCC(C)Nc1ccc(Br)c(C)n1. The fourth-order valence-electron chi connectivity index (χ4n) is 1.24. The lowest BCUT2D eigenvalue weighted by atomic mass is 10.2. The van der Waals surface area contributed by atoms with Gasteiger partial charge in [0.1, 0.15) is 5.82 Å². The number of aryl methyl sites for hydroxylation is 1. The summed E-state index contributed by atoms with van der Waals surface area (Å²) < 4.78 is 1.06. The van der Waals surface area contributed by atoms with Crippen LogP contribution in [0.15, 0.2) is 16.6 Å². The van der Waals surface area contributed by atoms with Crippen molar-refractivity contribution in [3.05, 3.63) is 22.3 Å². The van der Waals surface area contributed by atoms with Gasteiger partial charge in [-0.3, -0.25) is 0 Å². The second kappa shape index (κ2) is 6.38. The number of nitrogens with zero attached hydrogens (tertiary/aromatic N) is 1. The van der Waals surface area contributed by atoms with Crippen LogP contribution in [0.2, 0.25) is 0 Å². The molecule has 0 saturated carbocycles. The largest absolute Gasteiger partial charge is 0.368 e. The molecule has 15 heavy (non-hydrogen) atoms. The molecular weight excluding hydrogens is 272 g/mol. The normalized spacial score (nSPS) is 12.5. The Morgan fingerprint density at radius 1 is 1.53 bits per heavy atom. The molecule has 1 heterocycles. The van der Waals surface area contributed by atoms with E-state index in [9.17, 15) is 0 Å². The summed E-state index contributed by atoms with van der Waals surface area (Å²) in [7, 11) is 0. The van der Waals surface area contributed by atoms with Crippen LogP contribution in [0.5, 0.6) is 0 Å². The molecule has 0 fully saturated rings. The number of nitrogens with one attached hydrogen (secondary N) is 1. The first-order valence-electron chi connectivity index (χ1n) is 5.02. The molecule has 1 rings (SSSR count). The van der Waals surface area contributed by atoms with Gasteiger partial charge in [-0.25, -0.2) is 4.98 Å². The summed E-state index contributed by atoms with van der Waals surface area (Å²) in [5, 5.41) is 3.40. The van der Waals surface area contributed by atoms with Crippen molar-refractivity contribution in [3.63, 3.8) is 0 Å². The standard InChI is InChI=1S/C11H17BrN2S/c1-8(6-7-15-3)13-11-5-4-10(12)9(2)14-11/h4-5,8H,6-7H2,1-3H3,(H,13,14). The van der Waals surface area contributed by atoms with Gasteiger partial charge in [0, 0.05) is 10.5 Å². The van der Waals surface area contributed by atoms with Gasteiger partial charge in [0.05, 0.1) is 5.69 Å². The van der Waals surface area contributed by atoms with Gasteiger partial charge in [0.25, 0.3) is 0 Å². The minimum Gasteiger partial charge on any atom is -0.368 e. The van der Waals surface area contributed by atoms with Crippen molar-refractivity contribution in [3.8, 4) is 0 Å². The van der Waals surface area contributed by atoms with Gasteiger partial charge in [-0.15, -0.1) is 0 Å². The molecule has 0 amide bonds. The molecular formula is C11H17BrN2S. The van der Waals surface area contributed by atoms with E-state index in [1.54, 1.807) is 0 Å². The first-order chi connectivity index (χ1) is 7.13. The van der Waals surface area contributed by atoms with E-state index in [0.717, 1.165) is 22.4 Å². The lowest BCUT2D eigenvalue weighted by Crippen LogP contribution is -2.16. The van der Waals surface area contributed by atoms with Crippen LogP contribution in [0.1, 0.15) is 19.0 Å². The molecule has 0 aliphatic carbocycles. The Kier molecular flexibility index (Phi) is 5.47. The molecule has 1 atom stereocenters. The van der Waals surface area contributed by atoms with Gasteiger partial charge in [0.15, 0.2) is 0 Å². The van der Waals surface area contributed by atoms with E-state index < -0.39 is 0 Å². The van der Waals surface area contributed by atoms with Crippen molar-refractivity contribution in [2.45, 2.75) is 26.3 Å². The average Bonchev–Trinajstić information content (AvgIpc) is 2.20. The number of pyridine rings is 1. The first-order valence-corrected chi connectivity index (χ1v) is 7.20. The highest BCUT2D eigenvalue weighted by Gasteiger charge is 2.03. The highest BCUT2D eigenvalue weighted by molar-refractivity contribution is 9.10. The Labute approximate surface area is 104 Å². The molecule has 1 aromatic heterocycles. The average molecular weight is 289 g/mol. The predicted molar refractivity (Wildman–Crippen MR) is 72.8 cm³/mol. The molecule has 0 spiro atoms. The Balaban J connectivity index is 2.53. The van der Waals surface area contributed by atoms with Crippen LogP contribution < -0.4 is 5.32 Å². The van der Waals surface area contributed by atoms with Crippen LogP contribution in [0, 0.1) is 6.92 Å². The van der Waals surface area contributed by atoms with E-state index in [-0.39, 0.29) is 0 Å². The lowest BCUT2D eigenvalue weighted by Gasteiger charge is -2.14. The highest BCUT2D eigenvalue weighted by Crippen LogP contribution is 2.17. The molecule has 0 saturated heterocycles. The van der Waals surface area contributed by atoms with E-state index in [2.05, 4.69) is 39.4 Å². The molecule has 0 aliphatic rings. The fourth-order valence-corrected chi connectivity index (χ4v) is 2.05. The van der Waals surface area contributed by atoms with Crippen LogP contribution >= 0.6 is 27.7 Å². The summed E-state index contributed by atoms with van der Waals surface area (Å²) in [6, 6.07) is 4.52. The zero-order chi connectivity index (χ0) is 11.3. The summed E-state index contributed by atoms with van der Waals surface area (Å²) in [4.78, 5) is 4.46. The second-order valence-corrected chi connectivity index (χ2v) is 5.43. The molecule has 1 aromatic rings. The van der Waals surface area contributed by atoms with Crippen molar-refractivity contribution >= 4 is 33.5 Å². The summed E-state index contributed by atoms with van der Waals surface area (Å²) >= 11 is 5.32. The summed E-state index contributed by atoms with van der Waals surface area (Å²) in [6.07, 6.45) is 3.30. The van der Waals surface area contributed by atoms with Gasteiger partial charge < -0.3 is 5.32 Å². The zero-order valence-electron chi connectivity index (χ0n) is 9.38. The fraction of sp³-hybridized carbons (Fsp3) is 0.545. The molecule has 0 aliphatic heterocycles. The van der Waals surface area contributed by atoms with E-state index in [1.807, 2.05) is 30.8 Å². The number of rotatable bonds is 5. The Bertz CT molecular complexity index is 317. The van der Waals surface area contributed by atoms with Crippen molar-refractivity contribution in [1.82, 2.24) is 4.98 Å². The molecule has 4 heteroatoms. The van der Waals surface area contributed by atoms with Crippen molar-refractivity contribution in [2.24, 2.45) is 0 Å². The molecule has 0 bridgehead atoms. The summed E-state index contributed by atoms with van der Waals surface area (Å²) in [5.41, 5.74) is 1.03. The number of anilines is 1. The molecule has 1 N–H and O–H groups in total. The summed E-state index contributed by atoms with van der Waals surface area (Å²) in [6.45, 7) is 4.19. The van der Waals surface area contributed by atoms with Crippen molar-refractivity contribution in [2.75, 3.05) is 17.3 Å². The number of halogens is 1. The smallest absolute Gasteiger partial charge is 0.126 e. The third-order valence-corrected chi connectivity index (χ3v) is 3.65. The maximum absolute atomic E-state index is 4.46. The second-order valence-electron chi connectivity index (χ2n) is 3.59. The maximum atomic E-state index is 4.46. The van der Waals surface area contributed by atoms with Crippen LogP contribution in [0.3, 0.4) is 0 Å². The lowest BCUT2D eigenvalue weighted by molar-refractivity contribution is 0.766. The highest BCUT2D eigenvalue weighted by atomic mass is 79.9. The molecule has 84 valence electrons. The first kappa shape index (κ1) is 12.8. The topological polar surface area (TPSA) is 24.9 Å². The maximum Gasteiger partial charge on any atom is 0.126 e. The number of thioether (sulfide) groups is 1. The Morgan fingerprint density at radius 2 is 2.27 bits per heavy atom. The molecule has 2 nitrogen and oxygen atoms in total. The van der Waals surface area contributed by atoms with E-state index in [4.69, 9.17) is 0 Å². The van der Waals surface area contributed by atoms with Crippen molar-refractivity contribution in [1.29, 1.82) is 0 Å². The Hall–Kier alpha value is -0.220. The van der Waals surface area contributed by atoms with Gasteiger partial charge in [-0.1, -0.05) is 0 Å². The molecule has 0 radical (unpaired) electrons. The third kappa shape index (κ3) is 4.43. The number of hydrogen-bond donors (Lipinski definition) is 1. The van der Waals surface area contributed by atoms with Crippen molar-refractivity contribution < 1.29 is 0 Å². The van der Waals surface area contributed by atoms with Crippen LogP contribution in [-0.2, 0) is 0 Å². The van der Waals surface area contributed by atoms with Crippen LogP contribution in [-0.4, -0.2) is 23.0 Å². The third-order valence-electron chi connectivity index (χ3n) is 2.17. The number of hydrogen-bond acceptors (Lipinski definition) is 3. The Morgan fingerprint density at radius 3 is 2.87 bits per heavy atom. The predicted octanol–water partition coefficient (Wildman–Crippen LogP) is 3.71. The minimum atomic E-state index is 0.477. The summed E-state index contributed by atoms with van der Waals surface area (Å²) in [5.74, 6) is 2.15. The van der Waals surface area contributed by atoms with E-state index >= 15 is 0 Å². The monoisotopic (exact) mass is 288 g/mol. The molecule has 1 unspecified atom stereocenters. The van der Waals surface area contributed by atoms with Gasteiger partial charge in [-0.2, -0.15) is 11.8 Å². The van der Waals surface area contributed by atoms with E-state index in [1.165, 1.54) is 5.75 Å². The van der Waals surface area contributed by atoms with Crippen LogP contribution in [0.25, 0.3) is 0 Å². The number of aromatic nitrogens is 1. The molecule has 0 aromatic carbocycles. The minimum absolute atomic E-state index is 0.477.